The number of halogens is 2. The van der Waals surface area contributed by atoms with Crippen molar-refractivity contribution in [2.75, 3.05) is 0 Å². The third-order valence-corrected chi connectivity index (χ3v) is 5.74. The van der Waals surface area contributed by atoms with Gasteiger partial charge in [-0.3, -0.25) is 0 Å². The van der Waals surface area contributed by atoms with E-state index >= 15 is 0 Å². The standard InChI is InChI=1S/C31H26F2/c1-2-3-4-5-23-6-8-24(9-7-23)10-11-26-13-16-27(31(33)21-26)15-12-25-14-17-29-22-30(32)19-18-28(29)20-25/h2-3,6-9,13-14,16-22H,4-5,10-11H2,1H3/b3-2+. The Morgan fingerprint density at radius 2 is 1.33 bits per heavy atom. The number of benzene rings is 4. The van der Waals surface area contributed by atoms with Crippen molar-refractivity contribution in [3.8, 4) is 11.8 Å². The van der Waals surface area contributed by atoms with Crippen molar-refractivity contribution >= 4 is 10.8 Å². The summed E-state index contributed by atoms with van der Waals surface area (Å²) in [7, 11) is 0. The second-order valence-corrected chi connectivity index (χ2v) is 8.19. The van der Waals surface area contributed by atoms with Crippen LogP contribution in [0.2, 0.25) is 0 Å². The maximum absolute atomic E-state index is 14.6. The van der Waals surface area contributed by atoms with Crippen LogP contribution in [0, 0.1) is 23.5 Å². The SMILES string of the molecule is C/C=C/CCc1ccc(CCc2ccc(C#Cc3ccc4cc(F)ccc4c3)c(F)c2)cc1. The summed E-state index contributed by atoms with van der Waals surface area (Å²) in [5.74, 6) is 5.38. The van der Waals surface area contributed by atoms with E-state index in [1.54, 1.807) is 18.2 Å². The number of aryl methyl sites for hydroxylation is 3. The molecule has 0 bridgehead atoms. The van der Waals surface area contributed by atoms with E-state index < -0.39 is 0 Å². The summed E-state index contributed by atoms with van der Waals surface area (Å²) in [6, 6.07) is 24.2. The number of allylic oxidation sites excluding steroid dienone is 2. The highest BCUT2D eigenvalue weighted by molar-refractivity contribution is 5.84. The molecule has 0 fully saturated rings. The molecular formula is C31H26F2. The fourth-order valence-electron chi connectivity index (χ4n) is 3.83. The summed E-state index contributed by atoms with van der Waals surface area (Å²) in [5.41, 5.74) is 4.70. The maximum atomic E-state index is 14.6. The molecule has 33 heavy (non-hydrogen) atoms. The molecule has 0 unspecified atom stereocenters. The van der Waals surface area contributed by atoms with E-state index in [4.69, 9.17) is 0 Å². The Kier molecular flexibility index (Phi) is 7.33. The van der Waals surface area contributed by atoms with Crippen LogP contribution in [-0.4, -0.2) is 0 Å². The average molecular weight is 437 g/mol. The molecule has 0 aliphatic rings. The lowest BCUT2D eigenvalue weighted by Crippen LogP contribution is -1.94. The molecule has 0 aromatic heterocycles. The molecule has 0 heterocycles. The topological polar surface area (TPSA) is 0 Å². The largest absolute Gasteiger partial charge is 0.207 e. The highest BCUT2D eigenvalue weighted by Crippen LogP contribution is 2.18. The zero-order valence-electron chi connectivity index (χ0n) is 18.7. The summed E-state index contributed by atoms with van der Waals surface area (Å²) in [6.45, 7) is 2.04. The van der Waals surface area contributed by atoms with E-state index in [-0.39, 0.29) is 11.6 Å². The highest BCUT2D eigenvalue weighted by atomic mass is 19.1. The first kappa shape index (κ1) is 22.5. The minimum absolute atomic E-state index is 0.263. The molecule has 0 spiro atoms. The lowest BCUT2D eigenvalue weighted by Gasteiger charge is -2.05. The quantitative estimate of drug-likeness (QED) is 0.214. The lowest BCUT2D eigenvalue weighted by molar-refractivity contribution is 0.621. The normalized spacial score (nSPS) is 11.0. The van der Waals surface area contributed by atoms with Crippen molar-refractivity contribution < 1.29 is 8.78 Å². The first-order valence-electron chi connectivity index (χ1n) is 11.3. The van der Waals surface area contributed by atoms with Gasteiger partial charge in [-0.2, -0.15) is 0 Å². The summed E-state index contributed by atoms with van der Waals surface area (Å²) in [6.07, 6.45) is 8.03. The molecule has 4 aromatic rings. The van der Waals surface area contributed by atoms with Crippen LogP contribution in [0.3, 0.4) is 0 Å². The molecule has 0 N–H and O–H groups in total. The maximum Gasteiger partial charge on any atom is 0.139 e. The van der Waals surface area contributed by atoms with E-state index in [0.717, 1.165) is 47.6 Å². The molecule has 0 aliphatic carbocycles. The Balaban J connectivity index is 1.39. The Bertz CT molecular complexity index is 1340. The fraction of sp³-hybridized carbons (Fsp3) is 0.161. The minimum atomic E-state index is -0.304. The molecule has 2 heteroatoms. The smallest absolute Gasteiger partial charge is 0.139 e. The summed E-state index contributed by atoms with van der Waals surface area (Å²) >= 11 is 0. The van der Waals surface area contributed by atoms with Crippen LogP contribution in [0.4, 0.5) is 8.78 Å². The number of hydrogen-bond acceptors (Lipinski definition) is 0. The number of fused-ring (bicyclic) bond motifs is 1. The molecule has 0 atom stereocenters. The van der Waals surface area contributed by atoms with Crippen LogP contribution >= 0.6 is 0 Å². The van der Waals surface area contributed by atoms with E-state index in [0.29, 0.717) is 5.56 Å². The summed E-state index contributed by atoms with van der Waals surface area (Å²) < 4.78 is 28.0. The van der Waals surface area contributed by atoms with Crippen LogP contribution in [0.1, 0.15) is 41.2 Å². The molecule has 4 rings (SSSR count). The first-order valence-corrected chi connectivity index (χ1v) is 11.3. The summed E-state index contributed by atoms with van der Waals surface area (Å²) in [5, 5.41) is 1.73. The predicted molar refractivity (Wildman–Crippen MR) is 133 cm³/mol. The summed E-state index contributed by atoms with van der Waals surface area (Å²) in [4.78, 5) is 0. The molecule has 0 saturated heterocycles. The van der Waals surface area contributed by atoms with Crippen molar-refractivity contribution in [3.63, 3.8) is 0 Å². The van der Waals surface area contributed by atoms with Gasteiger partial charge in [0.1, 0.15) is 11.6 Å². The van der Waals surface area contributed by atoms with E-state index in [2.05, 4.69) is 48.3 Å². The van der Waals surface area contributed by atoms with Crippen LogP contribution in [0.25, 0.3) is 10.8 Å². The van der Waals surface area contributed by atoms with E-state index in [9.17, 15) is 8.78 Å². The van der Waals surface area contributed by atoms with Crippen LogP contribution in [0.5, 0.6) is 0 Å². The molecular weight excluding hydrogens is 410 g/mol. The molecule has 0 nitrogen and oxygen atoms in total. The molecule has 164 valence electrons. The van der Waals surface area contributed by atoms with Gasteiger partial charge < -0.3 is 0 Å². The van der Waals surface area contributed by atoms with Crippen molar-refractivity contribution in [2.24, 2.45) is 0 Å². The monoisotopic (exact) mass is 436 g/mol. The second kappa shape index (κ2) is 10.7. The van der Waals surface area contributed by atoms with Gasteiger partial charge in [-0.05, 0) is 96.5 Å². The van der Waals surface area contributed by atoms with Gasteiger partial charge in [0.05, 0.1) is 5.56 Å². The van der Waals surface area contributed by atoms with Crippen molar-refractivity contribution in [1.29, 1.82) is 0 Å². The number of hydrogen-bond donors (Lipinski definition) is 0. The Morgan fingerprint density at radius 3 is 2.09 bits per heavy atom. The third-order valence-electron chi connectivity index (χ3n) is 5.74. The molecule has 0 saturated carbocycles. The molecule has 0 amide bonds. The van der Waals surface area contributed by atoms with Crippen molar-refractivity contribution in [2.45, 2.75) is 32.6 Å². The Labute approximate surface area is 194 Å². The number of rotatable bonds is 6. The van der Waals surface area contributed by atoms with E-state index in [1.165, 1.54) is 23.3 Å². The van der Waals surface area contributed by atoms with Gasteiger partial charge in [0.2, 0.25) is 0 Å². The second-order valence-electron chi connectivity index (χ2n) is 8.19. The van der Waals surface area contributed by atoms with Gasteiger partial charge in [-0.1, -0.05) is 66.5 Å². The van der Waals surface area contributed by atoms with Gasteiger partial charge in [-0.15, -0.1) is 0 Å². The van der Waals surface area contributed by atoms with Crippen LogP contribution in [-0.2, 0) is 19.3 Å². The van der Waals surface area contributed by atoms with Gasteiger partial charge in [0.15, 0.2) is 0 Å². The lowest BCUT2D eigenvalue weighted by atomic mass is 10.0. The zero-order chi connectivity index (χ0) is 23.0. The highest BCUT2D eigenvalue weighted by Gasteiger charge is 2.03. The van der Waals surface area contributed by atoms with E-state index in [1.807, 2.05) is 31.2 Å². The fourth-order valence-corrected chi connectivity index (χ4v) is 3.83. The molecule has 0 radical (unpaired) electrons. The predicted octanol–water partition coefficient (Wildman–Crippen LogP) is 7.81. The first-order chi connectivity index (χ1) is 16.1. The Hall–Kier alpha value is -3.70. The van der Waals surface area contributed by atoms with Crippen molar-refractivity contribution in [3.05, 3.63) is 130 Å². The van der Waals surface area contributed by atoms with Crippen molar-refractivity contribution in [1.82, 2.24) is 0 Å². The van der Waals surface area contributed by atoms with Crippen LogP contribution < -0.4 is 0 Å². The van der Waals surface area contributed by atoms with Crippen LogP contribution in [0.15, 0.2) is 91.0 Å². The molecule has 4 aromatic carbocycles. The zero-order valence-corrected chi connectivity index (χ0v) is 18.7. The van der Waals surface area contributed by atoms with Gasteiger partial charge in [0, 0.05) is 5.56 Å². The van der Waals surface area contributed by atoms with Gasteiger partial charge in [0.25, 0.3) is 0 Å². The minimum Gasteiger partial charge on any atom is -0.207 e. The van der Waals surface area contributed by atoms with Gasteiger partial charge in [-0.25, -0.2) is 8.78 Å². The Morgan fingerprint density at radius 1 is 0.667 bits per heavy atom. The molecule has 0 aliphatic heterocycles. The van der Waals surface area contributed by atoms with Gasteiger partial charge >= 0.3 is 0 Å². The average Bonchev–Trinajstić information content (AvgIpc) is 2.83. The third kappa shape index (κ3) is 6.18.